The van der Waals surface area contributed by atoms with Crippen LogP contribution in [-0.2, 0) is 90.9 Å². The van der Waals surface area contributed by atoms with Crippen LogP contribution in [0.5, 0.6) is 0 Å². The van der Waals surface area contributed by atoms with Gasteiger partial charge in [0.2, 0.25) is 0 Å². The predicted molar refractivity (Wildman–Crippen MR) is 604 cm³/mol. The molecule has 0 saturated carbocycles. The summed E-state index contributed by atoms with van der Waals surface area (Å²) in [6.07, 6.45) is 25.7. The summed E-state index contributed by atoms with van der Waals surface area (Å²) in [5, 5.41) is 0. The van der Waals surface area contributed by atoms with E-state index in [4.69, 9.17) is 59.8 Å². The van der Waals surface area contributed by atoms with Crippen LogP contribution in [0.2, 0.25) is 0 Å². The molecule has 0 saturated heterocycles. The Morgan fingerprint density at radius 1 is 0.129 bits per heavy atom. The fraction of sp³-hybridized carbons (Fsp3) is 0.182. The Bertz CT molecular complexity index is 8260. The summed E-state index contributed by atoms with van der Waals surface area (Å²) in [6.45, 7) is 40.6. The van der Waals surface area contributed by atoms with E-state index in [9.17, 15) is 0 Å². The van der Waals surface area contributed by atoms with Crippen LogP contribution in [0, 0.1) is 0 Å². The first-order valence-corrected chi connectivity index (χ1v) is 50.0. The average Bonchev–Trinajstić information content (AvgIpc) is 1.59. The molecular formula is C132H112N12Zn3. The summed E-state index contributed by atoms with van der Waals surface area (Å²) in [5.41, 5.74) is 41.0. The van der Waals surface area contributed by atoms with E-state index in [1.165, 1.54) is 33.4 Å². The number of hydrogen-bond acceptors (Lipinski definition) is 6. The van der Waals surface area contributed by atoms with Crippen molar-refractivity contribution in [2.75, 3.05) is 0 Å². The molecule has 147 heavy (non-hydrogen) atoms. The zero-order valence-corrected chi connectivity index (χ0v) is 95.9. The van der Waals surface area contributed by atoms with Crippen molar-refractivity contribution in [2.45, 2.75) is 157 Å². The van der Waals surface area contributed by atoms with Gasteiger partial charge in [0.25, 0.3) is 0 Å². The standard InChI is InChI=1S/C132H112N12.3Zn/c1-127(2,3)85-41-29-79(30-42-85)117-95-57-53-91(133-95)115(77-25-21-19-22-26-77)92-54-58-96(134-92)118(80-31-43-86(44-32-80)128(4,5)6)100-62-70-108(138-100)123(107-69-61-99(117)137-107)125-111-73-65-103(141-111)121(83-37-49-89(50-38-83)131(13,14)15)105-67-75-113(143-105)126(114-76-68-106(144-114)122(104-66-74-112(125)142-104)84-39-51-90(52-40-84)132(16,17)18)124-109-71-63-101(139-109)119(81-33-45-87(46-34-81)129(7,8)9)97-59-55-93(135-97)116(78-27-23-20-24-28-78)94-56-60-98(136-94)120(102-64-72-110(124)140-102)82-35-47-88(48-36-82)130(10,11)12;;;/h19-76H,1-18H3;;;/q-6;3*+2. The molecule has 6 aliphatic rings. The van der Waals surface area contributed by atoms with Crippen LogP contribution >= 0.6 is 0 Å². The third kappa shape index (κ3) is 18.9. The Morgan fingerprint density at radius 2 is 0.238 bits per heavy atom. The summed E-state index contributed by atoms with van der Waals surface area (Å²) in [4.78, 5) is 71.2. The largest absolute Gasteiger partial charge is 2.00 e. The Labute approximate surface area is 899 Å². The van der Waals surface area contributed by atoms with Crippen LogP contribution in [0.1, 0.15) is 226 Å². The van der Waals surface area contributed by atoms with Crippen molar-refractivity contribution in [3.05, 3.63) is 381 Å². The molecule has 0 unspecified atom stereocenters. The van der Waals surface area contributed by atoms with E-state index in [1.54, 1.807) is 0 Å². The fourth-order valence-electron chi connectivity index (χ4n) is 20.7. The van der Waals surface area contributed by atoms with Gasteiger partial charge in [0.1, 0.15) is 0 Å². The molecule has 17 aromatic rings. The minimum Gasteiger partial charge on any atom is -0.657 e. The molecule has 8 aromatic carbocycles. The Kier molecular flexibility index (Phi) is 26.0. The first kappa shape index (κ1) is 99.8. The van der Waals surface area contributed by atoms with Crippen LogP contribution in [0.25, 0.3) is 250 Å². The van der Waals surface area contributed by atoms with Crippen LogP contribution < -0.4 is 29.9 Å². The average molecular weight is 2060 g/mol. The first-order chi connectivity index (χ1) is 69.1. The molecule has 0 radical (unpaired) electrons. The van der Waals surface area contributed by atoms with E-state index < -0.39 is 0 Å². The number of aromatic nitrogens is 12. The fourth-order valence-corrected chi connectivity index (χ4v) is 20.7. The van der Waals surface area contributed by atoms with E-state index in [0.717, 1.165) is 156 Å². The minimum absolute atomic E-state index is 0. The summed E-state index contributed by atoms with van der Waals surface area (Å²) in [6, 6.07) is 100. The summed E-state index contributed by atoms with van der Waals surface area (Å²) >= 11 is 0. The van der Waals surface area contributed by atoms with Crippen molar-refractivity contribution in [1.82, 2.24) is 59.8 Å². The predicted octanol–water partition coefficient (Wildman–Crippen LogP) is 32.8. The molecule has 9 aromatic heterocycles. The smallest absolute Gasteiger partial charge is 0.657 e. The molecule has 0 N–H and O–H groups in total. The van der Waals surface area contributed by atoms with E-state index in [2.05, 4.69) is 477 Å². The maximum Gasteiger partial charge on any atom is 2.00 e. The van der Waals surface area contributed by atoms with Gasteiger partial charge in [0, 0.05) is 0 Å². The third-order valence-electron chi connectivity index (χ3n) is 28.7. The minimum atomic E-state index is -0.170. The molecule has 15 heteroatoms. The van der Waals surface area contributed by atoms with Gasteiger partial charge in [-0.25, -0.2) is 29.9 Å². The maximum absolute atomic E-state index is 6.09. The van der Waals surface area contributed by atoms with E-state index in [0.29, 0.717) is 89.5 Å². The molecule has 6 aliphatic heterocycles. The second-order valence-corrected chi connectivity index (χ2v) is 44.8. The van der Waals surface area contributed by atoms with Gasteiger partial charge in [-0.15, -0.1) is 66.2 Å². The third-order valence-corrected chi connectivity index (χ3v) is 28.7. The van der Waals surface area contributed by atoms with E-state index in [1.807, 2.05) is 0 Å². The Morgan fingerprint density at radius 3 is 0.361 bits per heavy atom. The Hall–Kier alpha value is -14.6. The van der Waals surface area contributed by atoms with Gasteiger partial charge in [-0.1, -0.05) is 404 Å². The zero-order valence-electron chi connectivity index (χ0n) is 87.0. The molecule has 0 spiro atoms. The van der Waals surface area contributed by atoms with Crippen LogP contribution in [0.4, 0.5) is 0 Å². The van der Waals surface area contributed by atoms with Crippen molar-refractivity contribution in [3.8, 4) is 111 Å². The van der Waals surface area contributed by atoms with Gasteiger partial charge in [-0.2, -0.15) is 0 Å². The molecule has 0 atom stereocenters. The molecule has 24 bridgehead atoms. The molecular weight excluding hydrogens is 1950 g/mol. The van der Waals surface area contributed by atoms with Gasteiger partial charge in [0.15, 0.2) is 0 Å². The van der Waals surface area contributed by atoms with Crippen molar-refractivity contribution in [1.29, 1.82) is 0 Å². The number of benzene rings is 8. The van der Waals surface area contributed by atoms with Gasteiger partial charge in [-0.3, -0.25) is 0 Å². The molecule has 0 fully saturated rings. The van der Waals surface area contributed by atoms with Crippen molar-refractivity contribution in [2.24, 2.45) is 0 Å². The van der Waals surface area contributed by atoms with Gasteiger partial charge >= 0.3 is 58.4 Å². The van der Waals surface area contributed by atoms with Gasteiger partial charge < -0.3 is 29.9 Å². The zero-order chi connectivity index (χ0) is 99.4. The monoisotopic (exact) mass is 2060 g/mol. The first-order valence-electron chi connectivity index (χ1n) is 50.0. The van der Waals surface area contributed by atoms with Gasteiger partial charge in [-0.05, 0) is 250 Å². The van der Waals surface area contributed by atoms with Crippen molar-refractivity contribution < 1.29 is 58.4 Å². The SMILES string of the molecule is CC(C)(C)c1ccc(-c2c3nc(c(-c4c5nc(c(-c6ccc(C(C)(C)C)cc6)c6ccc([n-]6)c(-c6c7nc(c(-c8ccc(C(C)(C)C)cc8)c8ccc([n-]8)c(-c8ccccc8)c8nc(c(-c9ccc(C(C)(C)C)cc9)c9ccc6[n-]9)C=C8)C=C7)c6nc(c(-c7ccc(C(C)(C)C)cc7)c7ccc4[n-]7)C=C6)C=C5)c4ccc([n-]4)c(-c4ccc(C(C)(C)C)cc4)c4nc(c(-c5ccccc5)c5ccc2[n-]5)C=C4)C=C3)cc1.[Zn+2].[Zn+2].[Zn+2]. The van der Waals surface area contributed by atoms with Crippen LogP contribution in [0.15, 0.2) is 279 Å². The van der Waals surface area contributed by atoms with Crippen molar-refractivity contribution in [3.63, 3.8) is 0 Å². The number of hydrogen-bond donors (Lipinski definition) is 0. The molecule has 0 aliphatic carbocycles. The molecule has 15 heterocycles. The summed E-state index contributed by atoms with van der Waals surface area (Å²) < 4.78 is 0. The molecule has 706 valence electrons. The normalized spacial score (nSPS) is 12.9. The summed E-state index contributed by atoms with van der Waals surface area (Å²) in [5.74, 6) is 0. The van der Waals surface area contributed by atoms with E-state index >= 15 is 0 Å². The van der Waals surface area contributed by atoms with E-state index in [-0.39, 0.29) is 90.9 Å². The second kappa shape index (κ2) is 38.4. The topological polar surface area (TPSA) is 162 Å². The number of rotatable bonds is 10. The van der Waals surface area contributed by atoms with Gasteiger partial charge in [0.05, 0.1) is 68.3 Å². The molecule has 23 rings (SSSR count). The number of fused-ring (bicyclic) bond motifs is 24. The van der Waals surface area contributed by atoms with Crippen LogP contribution in [-0.4, -0.2) is 29.9 Å². The van der Waals surface area contributed by atoms with Crippen LogP contribution in [0.3, 0.4) is 0 Å². The quantitative estimate of drug-likeness (QED) is 0.119. The Balaban J connectivity index is 0.00000437. The number of nitrogens with zero attached hydrogens (tertiary/aromatic N) is 12. The second-order valence-electron chi connectivity index (χ2n) is 44.8. The molecule has 12 nitrogen and oxygen atoms in total. The van der Waals surface area contributed by atoms with Crippen molar-refractivity contribution >= 4 is 139 Å². The maximum atomic E-state index is 6.09. The molecule has 0 amide bonds. The summed E-state index contributed by atoms with van der Waals surface area (Å²) in [7, 11) is 0.